The molecule has 2 aromatic heterocycles. The molecule has 0 bridgehead atoms. The second-order valence-electron chi connectivity index (χ2n) is 4.90. The molecule has 0 fully saturated rings. The summed E-state index contributed by atoms with van der Waals surface area (Å²) in [4.78, 5) is 8.99. The number of hydrogen-bond acceptors (Lipinski definition) is 8. The molecule has 0 saturated heterocycles. The van der Waals surface area contributed by atoms with Gasteiger partial charge >= 0.3 is 10.2 Å². The zero-order chi connectivity index (χ0) is 17.6. The highest BCUT2D eigenvalue weighted by Gasteiger charge is 2.19. The zero-order valence-corrected chi connectivity index (χ0v) is 15.3. The Morgan fingerprint density at radius 1 is 1.24 bits per heavy atom. The van der Waals surface area contributed by atoms with Crippen molar-refractivity contribution < 1.29 is 12.3 Å². The van der Waals surface area contributed by atoms with Crippen molar-refractivity contribution in [2.45, 2.75) is 9.79 Å². The van der Waals surface area contributed by atoms with Crippen LogP contribution in [0.3, 0.4) is 0 Å². The molecule has 0 unspecified atom stereocenters. The van der Waals surface area contributed by atoms with Gasteiger partial charge in [0.15, 0.2) is 5.51 Å². The van der Waals surface area contributed by atoms with Crippen LogP contribution in [0.4, 0.5) is 3.89 Å². The van der Waals surface area contributed by atoms with Crippen LogP contribution in [0.5, 0.6) is 0 Å². The largest absolute Gasteiger partial charge is 0.332 e. The number of aromatic nitrogens is 2. The van der Waals surface area contributed by atoms with Gasteiger partial charge in [-0.1, -0.05) is 0 Å². The van der Waals surface area contributed by atoms with Crippen molar-refractivity contribution in [3.05, 3.63) is 35.8 Å². The minimum atomic E-state index is -4.84. The smallest absolute Gasteiger partial charge is 0.236 e. The van der Waals surface area contributed by atoms with Gasteiger partial charge in [-0.05, 0) is 42.1 Å². The summed E-state index contributed by atoms with van der Waals surface area (Å²) < 4.78 is 37.5. The average Bonchev–Trinajstić information content (AvgIpc) is 3.19. The third-order valence-electron chi connectivity index (χ3n) is 3.40. The molecule has 0 spiro atoms. The van der Waals surface area contributed by atoms with Crippen LogP contribution in [0.2, 0.25) is 0 Å². The van der Waals surface area contributed by atoms with Crippen LogP contribution >= 0.6 is 34.4 Å². The Balaban J connectivity index is 1.96. The molecule has 0 saturated carbocycles. The lowest BCUT2D eigenvalue weighted by molar-refractivity contribution is 0.552. The summed E-state index contributed by atoms with van der Waals surface area (Å²) in [5.74, 6) is 0. The fourth-order valence-corrected chi connectivity index (χ4v) is 5.11. The standard InChI is InChI=1S/C15H5FN3O2S4/c16-25(20,21)9-4-10(14-13(5-9)23-7-18-14)15-19-11-2-1-8(22-6-17)3-12(11)24-15/h1-5H. The molecular formula is C15H5FN3O2S4. The van der Waals surface area contributed by atoms with Crippen molar-refractivity contribution >= 4 is 65.1 Å². The van der Waals surface area contributed by atoms with Crippen LogP contribution in [0.15, 0.2) is 40.1 Å². The molecule has 10 heteroatoms. The zero-order valence-electron chi connectivity index (χ0n) is 12.1. The number of hydrogen-bond donors (Lipinski definition) is 0. The Hall–Kier alpha value is -2.06. The van der Waals surface area contributed by atoms with Gasteiger partial charge in [0.25, 0.3) is 0 Å². The fourth-order valence-electron chi connectivity index (χ4n) is 2.33. The van der Waals surface area contributed by atoms with Gasteiger partial charge in [0.2, 0.25) is 0 Å². The number of thioether (sulfide) groups is 1. The first-order valence-corrected chi connectivity index (χ1v) is 10.5. The van der Waals surface area contributed by atoms with Gasteiger partial charge in [-0.15, -0.1) is 26.6 Å². The summed E-state index contributed by atoms with van der Waals surface area (Å²) >= 11 is 3.49. The number of thiazole rings is 2. The van der Waals surface area contributed by atoms with E-state index in [-0.39, 0.29) is 0 Å². The van der Waals surface area contributed by atoms with Crippen LogP contribution in [-0.2, 0) is 10.2 Å². The first kappa shape index (κ1) is 16.4. The predicted molar refractivity (Wildman–Crippen MR) is 96.8 cm³/mol. The maximum absolute atomic E-state index is 13.5. The highest BCUT2D eigenvalue weighted by molar-refractivity contribution is 8.03. The van der Waals surface area contributed by atoms with E-state index in [2.05, 4.69) is 15.5 Å². The topological polar surface area (TPSA) is 83.7 Å². The number of halogens is 1. The number of rotatable bonds is 3. The van der Waals surface area contributed by atoms with E-state index < -0.39 is 15.1 Å². The minimum Gasteiger partial charge on any atom is -0.236 e. The molecule has 0 N–H and O–H groups in total. The van der Waals surface area contributed by atoms with Crippen LogP contribution < -0.4 is 0 Å². The van der Waals surface area contributed by atoms with Crippen molar-refractivity contribution in [3.63, 3.8) is 0 Å². The van der Waals surface area contributed by atoms with Gasteiger partial charge in [0, 0.05) is 10.5 Å². The summed E-state index contributed by atoms with van der Waals surface area (Å²) in [6.07, 6.45) is 0. The lowest BCUT2D eigenvalue weighted by Crippen LogP contribution is -1.93. The molecule has 2 aromatic carbocycles. The summed E-state index contributed by atoms with van der Waals surface area (Å²) in [5.41, 5.74) is 4.39. The maximum atomic E-state index is 13.5. The molecule has 0 aliphatic carbocycles. The number of benzene rings is 2. The van der Waals surface area contributed by atoms with Crippen molar-refractivity contribution in [1.29, 1.82) is 5.26 Å². The number of thiocyanates is 1. The summed E-state index contributed by atoms with van der Waals surface area (Å²) in [6, 6.07) is 7.90. The van der Waals surface area contributed by atoms with Gasteiger partial charge in [-0.3, -0.25) is 0 Å². The van der Waals surface area contributed by atoms with E-state index in [1.807, 2.05) is 11.5 Å². The monoisotopic (exact) mass is 406 g/mol. The van der Waals surface area contributed by atoms with Crippen LogP contribution in [0.1, 0.15) is 0 Å². The number of nitriles is 1. The summed E-state index contributed by atoms with van der Waals surface area (Å²) in [6.45, 7) is 0. The second-order valence-corrected chi connectivity index (χ2v) is 8.96. The molecule has 0 aliphatic rings. The van der Waals surface area contributed by atoms with Crippen molar-refractivity contribution in [3.8, 4) is 16.0 Å². The molecule has 0 aliphatic heterocycles. The van der Waals surface area contributed by atoms with E-state index in [4.69, 9.17) is 5.26 Å². The third kappa shape index (κ3) is 3.00. The van der Waals surface area contributed by atoms with Crippen molar-refractivity contribution in [2.24, 2.45) is 0 Å². The van der Waals surface area contributed by atoms with Crippen LogP contribution in [0, 0.1) is 16.2 Å². The molecule has 0 atom stereocenters. The van der Waals surface area contributed by atoms with Gasteiger partial charge in [-0.2, -0.15) is 13.7 Å². The van der Waals surface area contributed by atoms with E-state index in [9.17, 15) is 12.3 Å². The molecule has 2 heterocycles. The summed E-state index contributed by atoms with van der Waals surface area (Å²) in [7, 11) is -4.84. The van der Waals surface area contributed by atoms with E-state index in [0.717, 1.165) is 32.7 Å². The van der Waals surface area contributed by atoms with E-state index >= 15 is 0 Å². The fraction of sp³-hybridized carbons (Fsp3) is 0. The first-order chi connectivity index (χ1) is 12.0. The lowest BCUT2D eigenvalue weighted by Gasteiger charge is -2.01. The second kappa shape index (κ2) is 6.03. The molecule has 1 radical (unpaired) electrons. The molecule has 4 aromatic rings. The number of nitrogens with zero attached hydrogens (tertiary/aromatic N) is 3. The third-order valence-corrected chi connectivity index (χ3v) is 6.54. The molecule has 0 amide bonds. The van der Waals surface area contributed by atoms with Crippen LogP contribution in [0.25, 0.3) is 31.0 Å². The number of fused-ring (bicyclic) bond motifs is 2. The normalized spacial score (nSPS) is 11.8. The summed E-state index contributed by atoms with van der Waals surface area (Å²) in [5, 5.41) is 11.3. The first-order valence-electron chi connectivity index (χ1n) is 6.68. The Kier molecular flexibility index (Phi) is 3.96. The Morgan fingerprint density at radius 3 is 2.84 bits per heavy atom. The molecule has 25 heavy (non-hydrogen) atoms. The maximum Gasteiger partial charge on any atom is 0.332 e. The Morgan fingerprint density at radius 2 is 2.08 bits per heavy atom. The van der Waals surface area contributed by atoms with E-state index in [0.29, 0.717) is 26.3 Å². The van der Waals surface area contributed by atoms with Gasteiger partial charge < -0.3 is 0 Å². The van der Waals surface area contributed by atoms with Gasteiger partial charge in [-0.25, -0.2) is 9.97 Å². The van der Waals surface area contributed by atoms with Gasteiger partial charge in [0.05, 0.1) is 20.4 Å². The Labute approximate surface area is 154 Å². The van der Waals surface area contributed by atoms with Gasteiger partial charge in [0.1, 0.15) is 15.3 Å². The molecule has 123 valence electrons. The molecular weight excluding hydrogens is 401 g/mol. The van der Waals surface area contributed by atoms with Crippen molar-refractivity contribution in [1.82, 2.24) is 9.97 Å². The lowest BCUT2D eigenvalue weighted by atomic mass is 10.2. The minimum absolute atomic E-state index is 0.423. The van der Waals surface area contributed by atoms with E-state index in [1.54, 1.807) is 12.1 Å². The highest BCUT2D eigenvalue weighted by atomic mass is 32.3. The predicted octanol–water partition coefficient (Wildman–Crippen LogP) is 4.60. The quantitative estimate of drug-likeness (QED) is 0.281. The molecule has 5 nitrogen and oxygen atoms in total. The highest BCUT2D eigenvalue weighted by Crippen LogP contribution is 2.38. The van der Waals surface area contributed by atoms with Crippen LogP contribution in [-0.4, -0.2) is 18.4 Å². The molecule has 4 rings (SSSR count). The van der Waals surface area contributed by atoms with Crippen molar-refractivity contribution in [2.75, 3.05) is 0 Å². The Bertz CT molecular complexity index is 1270. The van der Waals surface area contributed by atoms with E-state index in [1.165, 1.54) is 23.5 Å². The SMILES string of the molecule is N#CSc1ccc2nc(-c3cc(S(=O)(=O)F)cc4s[c]nc34)sc2c1. The average molecular weight is 406 g/mol.